The SMILES string of the molecule is c1ccc(-c2c3c4c(cccc4c4cc(-c5cccc6cccnc56)ccc24)Oc2cc(-c4cc5ccccc5c5ccccc45)ccc2-3)cc1. The van der Waals surface area contributed by atoms with E-state index < -0.39 is 0 Å². The van der Waals surface area contributed by atoms with Crippen LogP contribution in [0.4, 0.5) is 0 Å². The predicted octanol–water partition coefficient (Wildman–Crippen LogP) is 13.6. The van der Waals surface area contributed by atoms with E-state index in [9.17, 15) is 0 Å². The molecule has 1 aromatic heterocycles. The van der Waals surface area contributed by atoms with Crippen molar-refractivity contribution < 1.29 is 4.74 Å². The topological polar surface area (TPSA) is 22.1 Å². The quantitative estimate of drug-likeness (QED) is 0.178. The van der Waals surface area contributed by atoms with Gasteiger partial charge < -0.3 is 4.74 Å². The molecular formula is C49H29NO. The summed E-state index contributed by atoms with van der Waals surface area (Å²) in [5, 5.41) is 10.9. The van der Waals surface area contributed by atoms with Gasteiger partial charge in [0.1, 0.15) is 11.5 Å². The molecule has 0 aliphatic carbocycles. The molecule has 2 heterocycles. The first kappa shape index (κ1) is 28.1. The lowest BCUT2D eigenvalue weighted by Gasteiger charge is -2.26. The van der Waals surface area contributed by atoms with Crippen LogP contribution in [-0.4, -0.2) is 4.98 Å². The molecule has 2 heteroatoms. The van der Waals surface area contributed by atoms with Gasteiger partial charge in [0.25, 0.3) is 0 Å². The molecule has 11 rings (SSSR count). The molecule has 0 saturated heterocycles. The van der Waals surface area contributed by atoms with E-state index in [1.54, 1.807) is 0 Å². The smallest absolute Gasteiger partial charge is 0.135 e. The van der Waals surface area contributed by atoms with Crippen LogP contribution in [0.25, 0.3) is 98.5 Å². The Kier molecular flexibility index (Phi) is 5.99. The van der Waals surface area contributed by atoms with Crippen molar-refractivity contribution in [3.63, 3.8) is 0 Å². The van der Waals surface area contributed by atoms with Crippen LogP contribution in [-0.2, 0) is 0 Å². The summed E-state index contributed by atoms with van der Waals surface area (Å²) in [5.41, 5.74) is 10.4. The van der Waals surface area contributed by atoms with E-state index in [0.29, 0.717) is 0 Å². The number of para-hydroxylation sites is 1. The number of hydrogen-bond donors (Lipinski definition) is 0. The lowest BCUT2D eigenvalue weighted by molar-refractivity contribution is 0.487. The van der Waals surface area contributed by atoms with Crippen LogP contribution >= 0.6 is 0 Å². The predicted molar refractivity (Wildman–Crippen MR) is 214 cm³/mol. The highest BCUT2D eigenvalue weighted by Gasteiger charge is 2.27. The Morgan fingerprint density at radius 2 is 1.08 bits per heavy atom. The summed E-state index contributed by atoms with van der Waals surface area (Å²) >= 11 is 0. The number of ether oxygens (including phenoxy) is 1. The molecule has 51 heavy (non-hydrogen) atoms. The Bertz CT molecular complexity index is 3050. The minimum absolute atomic E-state index is 0.875. The van der Waals surface area contributed by atoms with Crippen LogP contribution < -0.4 is 4.74 Å². The van der Waals surface area contributed by atoms with Gasteiger partial charge in [-0.1, -0.05) is 133 Å². The van der Waals surface area contributed by atoms with Gasteiger partial charge in [-0.15, -0.1) is 0 Å². The fraction of sp³-hybridized carbons (Fsp3) is 0. The molecule has 10 aromatic rings. The molecule has 0 amide bonds. The second-order valence-electron chi connectivity index (χ2n) is 13.4. The summed E-state index contributed by atoms with van der Waals surface area (Å²) < 4.78 is 6.91. The molecule has 2 nitrogen and oxygen atoms in total. The first-order chi connectivity index (χ1) is 25.3. The highest BCUT2D eigenvalue weighted by Crippen LogP contribution is 2.54. The summed E-state index contributed by atoms with van der Waals surface area (Å²) in [6.45, 7) is 0. The van der Waals surface area contributed by atoms with Crippen LogP contribution in [0.1, 0.15) is 0 Å². The third kappa shape index (κ3) is 4.20. The number of benzene rings is 9. The Hall–Kier alpha value is -6.77. The first-order valence-corrected chi connectivity index (χ1v) is 17.5. The molecule has 0 atom stereocenters. The summed E-state index contributed by atoms with van der Waals surface area (Å²) in [7, 11) is 0. The molecule has 0 spiro atoms. The lowest BCUT2D eigenvalue weighted by Crippen LogP contribution is -2.01. The molecule has 0 radical (unpaired) electrons. The van der Waals surface area contributed by atoms with Crippen LogP contribution in [0, 0.1) is 0 Å². The molecule has 0 unspecified atom stereocenters. The van der Waals surface area contributed by atoms with Gasteiger partial charge in [-0.25, -0.2) is 0 Å². The van der Waals surface area contributed by atoms with Crippen LogP contribution in [0.3, 0.4) is 0 Å². The lowest BCUT2D eigenvalue weighted by atomic mass is 9.82. The molecule has 1 aliphatic heterocycles. The molecule has 0 saturated carbocycles. The van der Waals surface area contributed by atoms with Gasteiger partial charge in [0.05, 0.1) is 5.52 Å². The summed E-state index contributed by atoms with van der Waals surface area (Å²) in [6.07, 6.45) is 1.88. The number of hydrogen-bond acceptors (Lipinski definition) is 2. The van der Waals surface area contributed by atoms with E-state index in [1.807, 2.05) is 12.3 Å². The van der Waals surface area contributed by atoms with Gasteiger partial charge >= 0.3 is 0 Å². The van der Waals surface area contributed by atoms with Gasteiger partial charge in [0.15, 0.2) is 0 Å². The third-order valence-electron chi connectivity index (χ3n) is 10.7. The third-order valence-corrected chi connectivity index (χ3v) is 10.7. The molecule has 1 aliphatic rings. The maximum absolute atomic E-state index is 6.91. The van der Waals surface area contributed by atoms with Gasteiger partial charge in [-0.05, 0) is 102 Å². The van der Waals surface area contributed by atoms with Gasteiger partial charge in [-0.2, -0.15) is 0 Å². The van der Waals surface area contributed by atoms with Crippen molar-refractivity contribution in [1.29, 1.82) is 0 Å². The van der Waals surface area contributed by atoms with Gasteiger partial charge in [-0.3, -0.25) is 4.98 Å². The van der Waals surface area contributed by atoms with Crippen molar-refractivity contribution in [2.75, 3.05) is 0 Å². The average molecular weight is 648 g/mol. The molecule has 0 fully saturated rings. The maximum Gasteiger partial charge on any atom is 0.135 e. The minimum Gasteiger partial charge on any atom is -0.456 e. The number of aromatic nitrogens is 1. The van der Waals surface area contributed by atoms with Crippen molar-refractivity contribution in [1.82, 2.24) is 4.98 Å². The first-order valence-electron chi connectivity index (χ1n) is 17.5. The fourth-order valence-corrected chi connectivity index (χ4v) is 8.41. The zero-order valence-corrected chi connectivity index (χ0v) is 27.6. The van der Waals surface area contributed by atoms with Crippen molar-refractivity contribution in [2.24, 2.45) is 0 Å². The standard InChI is InChI=1S/C49H29NO/c1-2-11-30(12-3-1)46-40-24-22-33(36-19-8-14-31-15-10-26-50-49(31)36)28-43(40)39-20-9-21-44-47(39)48(46)41-25-23-34(29-45(41)51-44)42-27-32-13-4-5-16-35(32)37-17-6-7-18-38(37)42/h1-29H. The summed E-state index contributed by atoms with van der Waals surface area (Å²) in [4.78, 5) is 4.78. The maximum atomic E-state index is 6.91. The van der Waals surface area contributed by atoms with Crippen molar-refractivity contribution in [3.05, 3.63) is 176 Å². The summed E-state index contributed by atoms with van der Waals surface area (Å²) in [6, 6.07) is 61.2. The minimum atomic E-state index is 0.875. The highest BCUT2D eigenvalue weighted by atomic mass is 16.5. The van der Waals surface area contributed by atoms with E-state index in [2.05, 4.69) is 164 Å². The second kappa shape index (κ2) is 10.9. The Morgan fingerprint density at radius 1 is 0.353 bits per heavy atom. The fourth-order valence-electron chi connectivity index (χ4n) is 8.41. The number of rotatable bonds is 3. The number of pyridine rings is 1. The molecule has 9 aromatic carbocycles. The zero-order valence-electron chi connectivity index (χ0n) is 27.6. The van der Waals surface area contributed by atoms with Crippen LogP contribution in [0.15, 0.2) is 176 Å². The molecular weight excluding hydrogens is 619 g/mol. The second-order valence-corrected chi connectivity index (χ2v) is 13.4. The van der Waals surface area contributed by atoms with E-state index in [1.165, 1.54) is 60.0 Å². The van der Waals surface area contributed by atoms with Crippen LogP contribution in [0.2, 0.25) is 0 Å². The Balaban J connectivity index is 1.19. The van der Waals surface area contributed by atoms with Gasteiger partial charge in [0.2, 0.25) is 0 Å². The monoisotopic (exact) mass is 647 g/mol. The Labute approximate surface area is 294 Å². The van der Waals surface area contributed by atoms with Gasteiger partial charge in [0, 0.05) is 33.7 Å². The van der Waals surface area contributed by atoms with E-state index >= 15 is 0 Å². The molecule has 236 valence electrons. The average Bonchev–Trinajstić information content (AvgIpc) is 3.20. The molecule has 0 N–H and O–H groups in total. The normalized spacial score (nSPS) is 12.1. The van der Waals surface area contributed by atoms with E-state index in [-0.39, 0.29) is 0 Å². The Morgan fingerprint density at radius 3 is 2.00 bits per heavy atom. The highest BCUT2D eigenvalue weighted by molar-refractivity contribution is 6.25. The number of nitrogens with zero attached hydrogens (tertiary/aromatic N) is 1. The summed E-state index contributed by atoms with van der Waals surface area (Å²) in [5.74, 6) is 1.76. The van der Waals surface area contributed by atoms with Crippen molar-refractivity contribution in [3.8, 4) is 56.0 Å². The van der Waals surface area contributed by atoms with Crippen molar-refractivity contribution in [2.45, 2.75) is 0 Å². The van der Waals surface area contributed by atoms with Crippen LogP contribution in [0.5, 0.6) is 11.5 Å². The molecule has 0 bridgehead atoms. The van der Waals surface area contributed by atoms with Crippen molar-refractivity contribution >= 4 is 54.0 Å². The number of fused-ring (bicyclic) bond motifs is 8. The van der Waals surface area contributed by atoms with E-state index in [0.717, 1.165) is 50.0 Å². The zero-order chi connectivity index (χ0) is 33.5. The van der Waals surface area contributed by atoms with E-state index in [4.69, 9.17) is 9.72 Å². The largest absolute Gasteiger partial charge is 0.456 e.